The molecule has 2 nitrogen and oxygen atoms in total. The van der Waals surface area contributed by atoms with E-state index in [9.17, 15) is 5.11 Å². The lowest BCUT2D eigenvalue weighted by Gasteiger charge is -2.22. The van der Waals surface area contributed by atoms with Gasteiger partial charge in [0.05, 0.1) is 12.1 Å². The summed E-state index contributed by atoms with van der Waals surface area (Å²) in [5, 5.41) is 10.4. The van der Waals surface area contributed by atoms with E-state index < -0.39 is 0 Å². The number of rotatable bonds is 2. The highest BCUT2D eigenvalue weighted by molar-refractivity contribution is 5.79. The highest BCUT2D eigenvalue weighted by atomic mass is 16.3. The Morgan fingerprint density at radius 1 is 1.27 bits per heavy atom. The highest BCUT2D eigenvalue weighted by Crippen LogP contribution is 2.25. The summed E-state index contributed by atoms with van der Waals surface area (Å²) in [6.45, 7) is 4.19. The molecule has 0 bridgehead atoms. The van der Waals surface area contributed by atoms with Crippen molar-refractivity contribution in [3.8, 4) is 0 Å². The smallest absolute Gasteiger partial charge is 0.0704 e. The number of aliphatic hydroxyl groups is 1. The van der Waals surface area contributed by atoms with Gasteiger partial charge in [0, 0.05) is 17.0 Å². The van der Waals surface area contributed by atoms with Gasteiger partial charge in [0.2, 0.25) is 0 Å². The molecule has 1 N–H and O–H groups in total. The van der Waals surface area contributed by atoms with Crippen LogP contribution in [0.4, 0.5) is 0 Å². The molecule has 0 saturated carbocycles. The van der Waals surface area contributed by atoms with E-state index in [0.29, 0.717) is 0 Å². The third kappa shape index (κ3) is 1.85. The Morgan fingerprint density at radius 2 is 2.07 bits per heavy atom. The van der Waals surface area contributed by atoms with Crippen molar-refractivity contribution in [2.45, 2.75) is 19.3 Å². The van der Waals surface area contributed by atoms with Crippen molar-refractivity contribution < 1.29 is 5.11 Å². The van der Waals surface area contributed by atoms with Crippen LogP contribution in [-0.4, -0.2) is 16.7 Å². The summed E-state index contributed by atoms with van der Waals surface area (Å²) in [5.74, 6) is 0. The van der Waals surface area contributed by atoms with Gasteiger partial charge >= 0.3 is 0 Å². The number of aliphatic hydroxyl groups excluding tert-OH is 1. The molecule has 1 aromatic heterocycles. The number of nitrogens with zero attached hydrogens (tertiary/aromatic N) is 1. The predicted octanol–water partition coefficient (Wildman–Crippen LogP) is 2.50. The van der Waals surface area contributed by atoms with Crippen LogP contribution in [0.3, 0.4) is 0 Å². The Labute approximate surface area is 89.6 Å². The third-order valence-electron chi connectivity index (χ3n) is 2.78. The maximum atomic E-state index is 9.30. The van der Waals surface area contributed by atoms with E-state index in [1.807, 2.05) is 32.0 Å². The molecule has 0 fully saturated rings. The zero-order valence-corrected chi connectivity index (χ0v) is 9.07. The lowest BCUT2D eigenvalue weighted by Crippen LogP contribution is -2.21. The SMILES string of the molecule is CC(C)(CO)c1ccc2cccnc2c1. The van der Waals surface area contributed by atoms with Crippen molar-refractivity contribution in [2.24, 2.45) is 0 Å². The van der Waals surface area contributed by atoms with Crippen molar-refractivity contribution in [1.82, 2.24) is 4.98 Å². The normalized spacial score (nSPS) is 11.9. The van der Waals surface area contributed by atoms with Crippen LogP contribution in [0.25, 0.3) is 10.9 Å². The Hall–Kier alpha value is -1.41. The van der Waals surface area contributed by atoms with Crippen molar-refractivity contribution in [2.75, 3.05) is 6.61 Å². The maximum absolute atomic E-state index is 9.30. The molecule has 0 spiro atoms. The van der Waals surface area contributed by atoms with Gasteiger partial charge in [0.15, 0.2) is 0 Å². The van der Waals surface area contributed by atoms with Gasteiger partial charge in [-0.25, -0.2) is 0 Å². The minimum atomic E-state index is -0.203. The van der Waals surface area contributed by atoms with Crippen molar-refractivity contribution in [3.05, 3.63) is 42.1 Å². The van der Waals surface area contributed by atoms with E-state index in [2.05, 4.69) is 17.1 Å². The molecule has 0 radical (unpaired) electrons. The van der Waals surface area contributed by atoms with Gasteiger partial charge in [0.1, 0.15) is 0 Å². The minimum Gasteiger partial charge on any atom is -0.395 e. The van der Waals surface area contributed by atoms with Gasteiger partial charge in [0.25, 0.3) is 0 Å². The second kappa shape index (κ2) is 3.63. The molecular weight excluding hydrogens is 186 g/mol. The van der Waals surface area contributed by atoms with E-state index in [-0.39, 0.29) is 12.0 Å². The Morgan fingerprint density at radius 3 is 2.80 bits per heavy atom. The van der Waals surface area contributed by atoms with Crippen LogP contribution in [-0.2, 0) is 5.41 Å². The molecule has 0 aliphatic carbocycles. The van der Waals surface area contributed by atoms with E-state index in [1.165, 1.54) is 0 Å². The molecule has 2 aromatic rings. The fourth-order valence-electron chi connectivity index (χ4n) is 1.58. The largest absolute Gasteiger partial charge is 0.395 e. The number of aromatic nitrogens is 1. The molecule has 2 rings (SSSR count). The molecule has 78 valence electrons. The Bertz CT molecular complexity index is 477. The van der Waals surface area contributed by atoms with Crippen molar-refractivity contribution >= 4 is 10.9 Å². The van der Waals surface area contributed by atoms with Gasteiger partial charge in [-0.05, 0) is 17.7 Å². The van der Waals surface area contributed by atoms with E-state index in [4.69, 9.17) is 0 Å². The summed E-state index contributed by atoms with van der Waals surface area (Å²) in [5.41, 5.74) is 1.90. The summed E-state index contributed by atoms with van der Waals surface area (Å²) in [7, 11) is 0. The second-order valence-corrected chi connectivity index (χ2v) is 4.45. The van der Waals surface area contributed by atoms with Crippen LogP contribution < -0.4 is 0 Å². The molecule has 2 heteroatoms. The van der Waals surface area contributed by atoms with Gasteiger partial charge in [-0.3, -0.25) is 4.98 Å². The van der Waals surface area contributed by atoms with Crippen LogP contribution in [0.2, 0.25) is 0 Å². The molecule has 15 heavy (non-hydrogen) atoms. The lowest BCUT2D eigenvalue weighted by molar-refractivity contribution is 0.218. The van der Waals surface area contributed by atoms with E-state index in [0.717, 1.165) is 16.5 Å². The van der Waals surface area contributed by atoms with E-state index >= 15 is 0 Å². The molecule has 1 heterocycles. The first kappa shape index (κ1) is 10.1. The number of fused-ring (bicyclic) bond motifs is 1. The van der Waals surface area contributed by atoms with Crippen molar-refractivity contribution in [1.29, 1.82) is 0 Å². The predicted molar refractivity (Wildman–Crippen MR) is 61.9 cm³/mol. The molecule has 0 saturated heterocycles. The third-order valence-corrected chi connectivity index (χ3v) is 2.78. The van der Waals surface area contributed by atoms with Gasteiger partial charge in [-0.2, -0.15) is 0 Å². The average molecular weight is 201 g/mol. The van der Waals surface area contributed by atoms with Crippen LogP contribution >= 0.6 is 0 Å². The van der Waals surface area contributed by atoms with Crippen molar-refractivity contribution in [3.63, 3.8) is 0 Å². The number of benzene rings is 1. The zero-order chi connectivity index (χ0) is 10.9. The molecule has 0 unspecified atom stereocenters. The fraction of sp³-hybridized carbons (Fsp3) is 0.308. The molecule has 0 amide bonds. The maximum Gasteiger partial charge on any atom is 0.0704 e. The monoisotopic (exact) mass is 201 g/mol. The van der Waals surface area contributed by atoms with Gasteiger partial charge in [-0.15, -0.1) is 0 Å². The second-order valence-electron chi connectivity index (χ2n) is 4.45. The first-order chi connectivity index (χ1) is 7.13. The number of hydrogen-bond donors (Lipinski definition) is 1. The number of pyridine rings is 1. The molecule has 1 aromatic carbocycles. The Balaban J connectivity index is 2.56. The summed E-state index contributed by atoms with van der Waals surface area (Å²) >= 11 is 0. The van der Waals surface area contributed by atoms with Gasteiger partial charge in [-0.1, -0.05) is 32.0 Å². The summed E-state index contributed by atoms with van der Waals surface area (Å²) < 4.78 is 0. The van der Waals surface area contributed by atoms with Crippen LogP contribution in [0.1, 0.15) is 19.4 Å². The van der Waals surface area contributed by atoms with Gasteiger partial charge < -0.3 is 5.11 Å². The lowest BCUT2D eigenvalue weighted by atomic mass is 9.85. The first-order valence-electron chi connectivity index (χ1n) is 5.09. The average Bonchev–Trinajstić information content (AvgIpc) is 2.28. The number of hydrogen-bond acceptors (Lipinski definition) is 2. The zero-order valence-electron chi connectivity index (χ0n) is 9.07. The van der Waals surface area contributed by atoms with Crippen LogP contribution in [0.5, 0.6) is 0 Å². The van der Waals surface area contributed by atoms with Crippen LogP contribution in [0.15, 0.2) is 36.5 Å². The quantitative estimate of drug-likeness (QED) is 0.809. The molecule has 0 atom stereocenters. The highest BCUT2D eigenvalue weighted by Gasteiger charge is 2.19. The van der Waals surface area contributed by atoms with Crippen LogP contribution in [0, 0.1) is 0 Å². The standard InChI is InChI=1S/C13H15NO/c1-13(2,9-15)11-6-5-10-4-3-7-14-12(10)8-11/h3-8,15H,9H2,1-2H3. The fourth-order valence-corrected chi connectivity index (χ4v) is 1.58. The van der Waals surface area contributed by atoms with E-state index in [1.54, 1.807) is 6.20 Å². The summed E-state index contributed by atoms with van der Waals surface area (Å²) in [6, 6.07) is 10.1. The minimum absolute atomic E-state index is 0.144. The molecular formula is C13H15NO. The molecule has 0 aliphatic heterocycles. The first-order valence-corrected chi connectivity index (χ1v) is 5.09. The summed E-state index contributed by atoms with van der Waals surface area (Å²) in [4.78, 5) is 4.31. The summed E-state index contributed by atoms with van der Waals surface area (Å²) in [6.07, 6.45) is 1.79. The topological polar surface area (TPSA) is 33.1 Å². The Kier molecular flexibility index (Phi) is 2.45. The molecule has 0 aliphatic rings.